The molecule has 2 rings (SSSR count). The van der Waals surface area contributed by atoms with Gasteiger partial charge >= 0.3 is 12.1 Å². The molecule has 0 heterocycles. The molecule has 0 bridgehead atoms. The number of rotatable bonds is 5. The Hall–Kier alpha value is -2.83. The summed E-state index contributed by atoms with van der Waals surface area (Å²) in [4.78, 5) is 24.0. The molecule has 0 aliphatic carbocycles. The molecule has 0 spiro atoms. The normalized spacial score (nSPS) is 11.0. The van der Waals surface area contributed by atoms with Gasteiger partial charge in [-0.05, 0) is 24.3 Å². The van der Waals surface area contributed by atoms with E-state index in [-0.39, 0.29) is 11.3 Å². The Bertz CT molecular complexity index is 753. The van der Waals surface area contributed by atoms with Gasteiger partial charge in [-0.1, -0.05) is 24.3 Å². The number of esters is 1. The highest BCUT2D eigenvalue weighted by Crippen LogP contribution is 2.32. The van der Waals surface area contributed by atoms with Gasteiger partial charge in [-0.3, -0.25) is 4.79 Å². The van der Waals surface area contributed by atoms with Gasteiger partial charge in [-0.2, -0.15) is 13.2 Å². The van der Waals surface area contributed by atoms with E-state index in [1.807, 2.05) is 0 Å². The summed E-state index contributed by atoms with van der Waals surface area (Å²) in [6.07, 6.45) is -4.69. The van der Waals surface area contributed by atoms with E-state index in [1.54, 1.807) is 18.2 Å². The Morgan fingerprint density at radius 2 is 1.54 bits per heavy atom. The number of hydrogen-bond acceptors (Lipinski definition) is 4. The number of para-hydroxylation sites is 1. The molecule has 0 unspecified atom stereocenters. The van der Waals surface area contributed by atoms with Crippen molar-refractivity contribution in [3.05, 3.63) is 65.2 Å². The SMILES string of the molecule is COc1ccccc1C(=O)COC(=O)c1ccccc1C(F)(F)F. The Morgan fingerprint density at radius 3 is 2.17 bits per heavy atom. The molecule has 0 aliphatic rings. The molecule has 0 atom stereocenters. The standard InChI is InChI=1S/C17H13F3O4/c1-23-15-9-5-3-7-12(15)14(21)10-24-16(22)11-6-2-4-8-13(11)17(18,19)20/h2-9H,10H2,1H3. The lowest BCUT2D eigenvalue weighted by molar-refractivity contribution is -0.138. The first-order valence-corrected chi connectivity index (χ1v) is 6.84. The second-order valence-electron chi connectivity index (χ2n) is 4.74. The van der Waals surface area contributed by atoms with Crippen LogP contribution in [0, 0.1) is 0 Å². The van der Waals surface area contributed by atoms with Crippen LogP contribution in [0.3, 0.4) is 0 Å². The summed E-state index contributed by atoms with van der Waals surface area (Å²) in [5.74, 6) is -1.51. The van der Waals surface area contributed by atoms with Crippen LogP contribution >= 0.6 is 0 Å². The number of methoxy groups -OCH3 is 1. The monoisotopic (exact) mass is 338 g/mol. The Kier molecular flexibility index (Phi) is 5.23. The molecule has 24 heavy (non-hydrogen) atoms. The molecular formula is C17H13F3O4. The van der Waals surface area contributed by atoms with Crippen molar-refractivity contribution in [2.24, 2.45) is 0 Å². The molecule has 0 N–H and O–H groups in total. The average Bonchev–Trinajstić information content (AvgIpc) is 2.58. The summed E-state index contributed by atoms with van der Waals surface area (Å²) >= 11 is 0. The molecule has 2 aromatic carbocycles. The van der Waals surface area contributed by atoms with Crippen LogP contribution < -0.4 is 4.74 Å². The van der Waals surface area contributed by atoms with Gasteiger partial charge < -0.3 is 9.47 Å². The minimum atomic E-state index is -4.69. The summed E-state index contributed by atoms with van der Waals surface area (Å²) in [6, 6.07) is 10.5. The maximum absolute atomic E-state index is 12.9. The fourth-order valence-corrected chi connectivity index (χ4v) is 2.07. The van der Waals surface area contributed by atoms with Crippen LogP contribution in [0.2, 0.25) is 0 Å². The number of halogens is 3. The maximum Gasteiger partial charge on any atom is 0.417 e. The van der Waals surface area contributed by atoms with E-state index in [4.69, 9.17) is 9.47 Å². The molecule has 0 saturated heterocycles. The van der Waals surface area contributed by atoms with Crippen molar-refractivity contribution in [2.45, 2.75) is 6.18 Å². The number of alkyl halides is 3. The Labute approximate surface area is 135 Å². The van der Waals surface area contributed by atoms with Crippen LogP contribution in [0.25, 0.3) is 0 Å². The molecule has 7 heteroatoms. The lowest BCUT2D eigenvalue weighted by atomic mass is 10.1. The molecule has 0 aromatic heterocycles. The van der Waals surface area contributed by atoms with Crippen molar-refractivity contribution >= 4 is 11.8 Å². The molecular weight excluding hydrogens is 325 g/mol. The topological polar surface area (TPSA) is 52.6 Å². The van der Waals surface area contributed by atoms with Crippen LogP contribution in [0.5, 0.6) is 5.75 Å². The molecule has 2 aromatic rings. The summed E-state index contributed by atoms with van der Waals surface area (Å²) in [7, 11) is 1.37. The van der Waals surface area contributed by atoms with Crippen molar-refractivity contribution < 1.29 is 32.2 Å². The molecule has 0 fully saturated rings. The molecule has 0 amide bonds. The third-order valence-electron chi connectivity index (χ3n) is 3.19. The van der Waals surface area contributed by atoms with Crippen LogP contribution in [0.4, 0.5) is 13.2 Å². The average molecular weight is 338 g/mol. The summed E-state index contributed by atoms with van der Waals surface area (Å²) in [5, 5.41) is 0. The minimum Gasteiger partial charge on any atom is -0.496 e. The second kappa shape index (κ2) is 7.16. The van der Waals surface area contributed by atoms with Crippen LogP contribution in [-0.4, -0.2) is 25.5 Å². The van der Waals surface area contributed by atoms with Gasteiger partial charge in [0.1, 0.15) is 5.75 Å². The first kappa shape index (κ1) is 17.5. The lowest BCUT2D eigenvalue weighted by Gasteiger charge is -2.12. The summed E-state index contributed by atoms with van der Waals surface area (Å²) < 4.78 is 48.4. The highest BCUT2D eigenvalue weighted by atomic mass is 19.4. The number of ether oxygens (including phenoxy) is 2. The van der Waals surface area contributed by atoms with E-state index in [0.29, 0.717) is 0 Å². The van der Waals surface area contributed by atoms with Crippen molar-refractivity contribution in [1.29, 1.82) is 0 Å². The molecule has 0 saturated carbocycles. The second-order valence-corrected chi connectivity index (χ2v) is 4.74. The fourth-order valence-electron chi connectivity index (χ4n) is 2.07. The van der Waals surface area contributed by atoms with Crippen LogP contribution in [-0.2, 0) is 10.9 Å². The van der Waals surface area contributed by atoms with Crippen LogP contribution in [0.1, 0.15) is 26.3 Å². The van der Waals surface area contributed by atoms with E-state index in [0.717, 1.165) is 12.1 Å². The first-order chi connectivity index (χ1) is 11.3. The van der Waals surface area contributed by atoms with Gasteiger partial charge in [0.05, 0.1) is 23.8 Å². The summed E-state index contributed by atoms with van der Waals surface area (Å²) in [5.41, 5.74) is -1.57. The van der Waals surface area contributed by atoms with Gasteiger partial charge in [0.2, 0.25) is 5.78 Å². The smallest absolute Gasteiger partial charge is 0.417 e. The third-order valence-corrected chi connectivity index (χ3v) is 3.19. The highest BCUT2D eigenvalue weighted by molar-refractivity contribution is 6.01. The lowest BCUT2D eigenvalue weighted by Crippen LogP contribution is -2.18. The number of carbonyl (C=O) groups excluding carboxylic acids is 2. The highest BCUT2D eigenvalue weighted by Gasteiger charge is 2.35. The van der Waals surface area contributed by atoms with Gasteiger partial charge in [0, 0.05) is 0 Å². The fraction of sp³-hybridized carbons (Fsp3) is 0.176. The number of ketones is 1. The first-order valence-electron chi connectivity index (χ1n) is 6.84. The molecule has 4 nitrogen and oxygen atoms in total. The predicted octanol–water partition coefficient (Wildman–Crippen LogP) is 3.75. The number of Topliss-reactive ketones (excluding diaryl/α,β-unsaturated/α-hetero) is 1. The molecule has 0 aliphatic heterocycles. The van der Waals surface area contributed by atoms with Crippen LogP contribution in [0.15, 0.2) is 48.5 Å². The van der Waals surface area contributed by atoms with E-state index < -0.39 is 35.7 Å². The van der Waals surface area contributed by atoms with Crippen molar-refractivity contribution in [3.8, 4) is 5.75 Å². The van der Waals surface area contributed by atoms with E-state index in [2.05, 4.69) is 0 Å². The zero-order valence-electron chi connectivity index (χ0n) is 12.6. The molecule has 0 radical (unpaired) electrons. The minimum absolute atomic E-state index is 0.178. The quantitative estimate of drug-likeness (QED) is 0.615. The van der Waals surface area contributed by atoms with Gasteiger partial charge in [0.15, 0.2) is 6.61 Å². The van der Waals surface area contributed by atoms with Gasteiger partial charge in [-0.25, -0.2) is 4.79 Å². The number of hydrogen-bond donors (Lipinski definition) is 0. The van der Waals surface area contributed by atoms with Crippen molar-refractivity contribution in [2.75, 3.05) is 13.7 Å². The van der Waals surface area contributed by atoms with E-state index in [1.165, 1.54) is 25.3 Å². The number of carbonyl (C=O) groups is 2. The molecule has 126 valence electrons. The predicted molar refractivity (Wildman–Crippen MR) is 79.1 cm³/mol. The Balaban J connectivity index is 2.13. The third kappa shape index (κ3) is 3.92. The van der Waals surface area contributed by atoms with Gasteiger partial charge in [0.25, 0.3) is 0 Å². The van der Waals surface area contributed by atoms with Crippen molar-refractivity contribution in [1.82, 2.24) is 0 Å². The maximum atomic E-state index is 12.9. The van der Waals surface area contributed by atoms with Crippen molar-refractivity contribution in [3.63, 3.8) is 0 Å². The zero-order chi connectivity index (χ0) is 17.7. The van der Waals surface area contributed by atoms with E-state index >= 15 is 0 Å². The zero-order valence-corrected chi connectivity index (χ0v) is 12.6. The number of benzene rings is 2. The Morgan fingerprint density at radius 1 is 0.958 bits per heavy atom. The van der Waals surface area contributed by atoms with Gasteiger partial charge in [-0.15, -0.1) is 0 Å². The summed E-state index contributed by atoms with van der Waals surface area (Å²) in [6.45, 7) is -0.689. The largest absolute Gasteiger partial charge is 0.496 e. The van der Waals surface area contributed by atoms with E-state index in [9.17, 15) is 22.8 Å².